The molecule has 0 radical (unpaired) electrons. The molecule has 7 aromatic carbocycles. The molecule has 5 heteroatoms. The highest BCUT2D eigenvalue weighted by Gasteiger charge is 2.43. The first kappa shape index (κ1) is 30.4. The zero-order chi connectivity index (χ0) is 34.1. The molecular weight excluding hydrogens is 625 g/mol. The fourth-order valence-electron chi connectivity index (χ4n) is 7.52. The van der Waals surface area contributed by atoms with Crippen LogP contribution in [0.15, 0.2) is 170 Å². The highest BCUT2D eigenvalue weighted by Crippen LogP contribution is 2.41. The fraction of sp³-hybridized carbons (Fsp3) is 0. The maximum absolute atomic E-state index is 11.0. The van der Waals surface area contributed by atoms with Crippen molar-refractivity contribution < 1.29 is 0 Å². The van der Waals surface area contributed by atoms with E-state index in [1.54, 1.807) is 0 Å². The van der Waals surface area contributed by atoms with Crippen molar-refractivity contribution in [3.63, 3.8) is 0 Å². The summed E-state index contributed by atoms with van der Waals surface area (Å²) in [4.78, 5) is 7.69. The lowest BCUT2D eigenvalue weighted by Gasteiger charge is -2.35. The van der Waals surface area contributed by atoms with Crippen LogP contribution in [-0.2, 0) is 0 Å². The molecular formula is C45H28N4Si. The molecule has 0 aliphatic rings. The Labute approximate surface area is 292 Å². The molecule has 8 aromatic rings. The van der Waals surface area contributed by atoms with E-state index in [0.29, 0.717) is 16.9 Å². The molecule has 0 spiro atoms. The molecule has 0 atom stereocenters. The molecule has 1 heterocycles. The molecule has 0 fully saturated rings. The fourth-order valence-corrected chi connectivity index (χ4v) is 12.4. The average molecular weight is 653 g/mol. The monoisotopic (exact) mass is 652 g/mol. The van der Waals surface area contributed by atoms with Crippen LogP contribution in [0.4, 0.5) is 11.4 Å². The van der Waals surface area contributed by atoms with E-state index in [1.807, 2.05) is 72.8 Å². The maximum Gasteiger partial charge on any atom is 0.211 e. The van der Waals surface area contributed by atoms with Crippen molar-refractivity contribution in [1.82, 2.24) is 4.57 Å². The lowest BCUT2D eigenvalue weighted by atomic mass is 10.00. The largest absolute Gasteiger partial charge is 0.318 e. The summed E-state index contributed by atoms with van der Waals surface area (Å²) in [6, 6.07) is 60.3. The van der Waals surface area contributed by atoms with Gasteiger partial charge < -0.3 is 4.57 Å². The summed E-state index contributed by atoms with van der Waals surface area (Å²) in [6.45, 7) is 15.9. The minimum atomic E-state index is -2.96. The summed E-state index contributed by atoms with van der Waals surface area (Å²) >= 11 is 0. The van der Waals surface area contributed by atoms with E-state index in [9.17, 15) is 5.26 Å². The molecule has 4 nitrogen and oxygen atoms in total. The molecule has 0 aliphatic carbocycles. The van der Waals surface area contributed by atoms with E-state index in [4.69, 9.17) is 13.1 Å². The van der Waals surface area contributed by atoms with E-state index in [-0.39, 0.29) is 0 Å². The smallest absolute Gasteiger partial charge is 0.211 e. The topological polar surface area (TPSA) is 37.4 Å². The van der Waals surface area contributed by atoms with E-state index in [1.165, 1.54) is 15.6 Å². The van der Waals surface area contributed by atoms with E-state index < -0.39 is 8.07 Å². The van der Waals surface area contributed by atoms with Gasteiger partial charge in [-0.05, 0) is 61.5 Å². The lowest BCUT2D eigenvalue weighted by Crippen LogP contribution is -2.75. The van der Waals surface area contributed by atoms with Gasteiger partial charge in [-0.2, -0.15) is 5.26 Å². The Morgan fingerprint density at radius 1 is 0.540 bits per heavy atom. The quantitative estimate of drug-likeness (QED) is 0.101. The van der Waals surface area contributed by atoms with Crippen LogP contribution in [0.2, 0.25) is 0 Å². The molecule has 0 amide bonds. The van der Waals surface area contributed by atoms with Crippen molar-refractivity contribution in [1.29, 1.82) is 5.26 Å². The minimum Gasteiger partial charge on any atom is -0.318 e. The lowest BCUT2D eigenvalue weighted by molar-refractivity contribution is 1.19. The van der Waals surface area contributed by atoms with Crippen LogP contribution in [0.25, 0.3) is 48.3 Å². The average Bonchev–Trinajstić information content (AvgIpc) is 3.52. The molecule has 0 aliphatic heterocycles. The predicted octanol–water partition coefficient (Wildman–Crippen LogP) is 8.80. The summed E-state index contributed by atoms with van der Waals surface area (Å²) in [7, 11) is -2.96. The van der Waals surface area contributed by atoms with Gasteiger partial charge in [0.1, 0.15) is 0 Å². The molecule has 0 N–H and O–H groups in total. The van der Waals surface area contributed by atoms with Crippen LogP contribution in [-0.4, -0.2) is 12.6 Å². The van der Waals surface area contributed by atoms with Crippen LogP contribution in [0.3, 0.4) is 0 Å². The van der Waals surface area contributed by atoms with Gasteiger partial charge in [0.05, 0.1) is 41.5 Å². The van der Waals surface area contributed by atoms with Crippen LogP contribution in [0.1, 0.15) is 5.56 Å². The SMILES string of the molecule is [C-]#[N+]c1ccc2c(c1)c1ccccc1n2-c1c([N+]#[C-])cccc1-c1ccc([Si](c2ccccc2)(c2ccccc2)c2ccccc2)c(C#N)c1. The van der Waals surface area contributed by atoms with E-state index >= 15 is 0 Å². The number of benzene rings is 7. The molecule has 0 unspecified atom stereocenters. The molecule has 0 saturated heterocycles. The molecule has 50 heavy (non-hydrogen) atoms. The van der Waals surface area contributed by atoms with Crippen molar-refractivity contribution in [2.24, 2.45) is 0 Å². The first-order chi connectivity index (χ1) is 24.7. The first-order valence-electron chi connectivity index (χ1n) is 16.3. The number of nitrogens with zero attached hydrogens (tertiary/aromatic N) is 4. The van der Waals surface area contributed by atoms with Gasteiger partial charge in [0, 0.05) is 5.39 Å². The summed E-state index contributed by atoms with van der Waals surface area (Å²) in [5.41, 5.74) is 5.99. The summed E-state index contributed by atoms with van der Waals surface area (Å²) in [5.74, 6) is 0. The third-order valence-electron chi connectivity index (χ3n) is 9.62. The Balaban J connectivity index is 1.43. The Kier molecular flexibility index (Phi) is 7.63. The van der Waals surface area contributed by atoms with Crippen molar-refractivity contribution in [3.05, 3.63) is 198 Å². The van der Waals surface area contributed by atoms with Crippen LogP contribution in [0.5, 0.6) is 0 Å². The Bertz CT molecular complexity index is 2580. The normalized spacial score (nSPS) is 11.1. The van der Waals surface area contributed by atoms with Gasteiger partial charge in [-0.3, -0.25) is 0 Å². The van der Waals surface area contributed by atoms with Gasteiger partial charge >= 0.3 is 0 Å². The number of aromatic nitrogens is 1. The van der Waals surface area contributed by atoms with Crippen molar-refractivity contribution in [2.45, 2.75) is 0 Å². The zero-order valence-electron chi connectivity index (χ0n) is 27.0. The molecule has 0 bridgehead atoms. The zero-order valence-corrected chi connectivity index (χ0v) is 28.0. The van der Waals surface area contributed by atoms with Gasteiger partial charge in [-0.15, -0.1) is 0 Å². The van der Waals surface area contributed by atoms with Gasteiger partial charge in [-0.1, -0.05) is 146 Å². The number of rotatable bonds is 6. The Hall–Kier alpha value is -6.97. The van der Waals surface area contributed by atoms with Crippen molar-refractivity contribution >= 4 is 62.0 Å². The van der Waals surface area contributed by atoms with Gasteiger partial charge in [0.2, 0.25) is 5.69 Å². The Morgan fingerprint density at radius 2 is 1.14 bits per heavy atom. The second-order valence-electron chi connectivity index (χ2n) is 12.2. The predicted molar refractivity (Wildman–Crippen MR) is 207 cm³/mol. The number of para-hydroxylation sites is 2. The Morgan fingerprint density at radius 3 is 1.74 bits per heavy atom. The second-order valence-corrected chi connectivity index (χ2v) is 15.9. The minimum absolute atomic E-state index is 0.503. The highest BCUT2D eigenvalue weighted by atomic mass is 28.3. The standard InChI is InChI=1S/C45H28N4Si/c1-47-34-26-27-43-40(30-34)39-21-12-13-24-42(39)49(43)45-38(22-14-23-41(45)48-2)32-25-28-44(33(29-32)31-46)50(35-15-6-3-7-16-35,36-17-8-4-9-18-36)37-19-10-5-11-20-37/h3-30H. The molecule has 8 rings (SSSR count). The molecule has 1 aromatic heterocycles. The van der Waals surface area contributed by atoms with Gasteiger partial charge in [-0.25, -0.2) is 9.69 Å². The number of hydrogen-bond acceptors (Lipinski definition) is 1. The summed E-state index contributed by atoms with van der Waals surface area (Å²) in [5, 5.41) is 17.5. The van der Waals surface area contributed by atoms with E-state index in [0.717, 1.165) is 43.8 Å². The number of hydrogen-bond donors (Lipinski definition) is 0. The maximum atomic E-state index is 11.0. The van der Waals surface area contributed by atoms with Crippen molar-refractivity contribution in [2.75, 3.05) is 0 Å². The van der Waals surface area contributed by atoms with E-state index in [2.05, 4.69) is 117 Å². The first-order valence-corrected chi connectivity index (χ1v) is 18.3. The summed E-state index contributed by atoms with van der Waals surface area (Å²) in [6.07, 6.45) is 0. The second kappa shape index (κ2) is 12.6. The van der Waals surface area contributed by atoms with Crippen molar-refractivity contribution in [3.8, 4) is 22.9 Å². The number of fused-ring (bicyclic) bond motifs is 3. The molecule has 0 saturated carbocycles. The molecule has 232 valence electrons. The van der Waals surface area contributed by atoms with Crippen LogP contribution >= 0.6 is 0 Å². The van der Waals surface area contributed by atoms with Gasteiger partial charge in [0.25, 0.3) is 0 Å². The summed E-state index contributed by atoms with van der Waals surface area (Å²) < 4.78 is 2.14. The van der Waals surface area contributed by atoms with Crippen LogP contribution < -0.4 is 20.7 Å². The number of nitriles is 1. The third-order valence-corrected chi connectivity index (χ3v) is 14.5. The van der Waals surface area contributed by atoms with Gasteiger partial charge in [0.15, 0.2) is 13.8 Å². The van der Waals surface area contributed by atoms with Crippen LogP contribution in [0, 0.1) is 24.5 Å². The highest BCUT2D eigenvalue weighted by molar-refractivity contribution is 7.20. The third kappa shape index (κ3) is 4.72.